The van der Waals surface area contributed by atoms with E-state index in [9.17, 15) is 17.6 Å². The van der Waals surface area contributed by atoms with E-state index in [0.717, 1.165) is 37.0 Å². The summed E-state index contributed by atoms with van der Waals surface area (Å²) >= 11 is 6.32. The van der Waals surface area contributed by atoms with Crippen LogP contribution in [0, 0.1) is 0 Å². The molecule has 2 aromatic carbocycles. The van der Waals surface area contributed by atoms with Gasteiger partial charge in [0.05, 0.1) is 5.52 Å². The molecule has 1 fully saturated rings. The van der Waals surface area contributed by atoms with Gasteiger partial charge in [-0.2, -0.15) is 8.78 Å². The lowest BCUT2D eigenvalue weighted by molar-refractivity contribution is -0.148. The highest BCUT2D eigenvalue weighted by Crippen LogP contribution is 2.35. The molecule has 0 bridgehead atoms. The van der Waals surface area contributed by atoms with Gasteiger partial charge >= 0.3 is 12.3 Å². The monoisotopic (exact) mass is 454 g/mol. The van der Waals surface area contributed by atoms with Gasteiger partial charge in [0.15, 0.2) is 6.61 Å². The molecule has 0 radical (unpaired) electrons. The Hall–Kier alpha value is -2.25. The summed E-state index contributed by atoms with van der Waals surface area (Å²) in [6, 6.07) is 14.8. The topological polar surface area (TPSA) is 17.4 Å². The Kier molecular flexibility index (Phi) is 6.44. The van der Waals surface area contributed by atoms with Gasteiger partial charge in [-0.05, 0) is 61.2 Å². The number of nitrogens with zero attached hydrogens (tertiary/aromatic N) is 2. The van der Waals surface area contributed by atoms with E-state index in [1.165, 1.54) is 17.0 Å². The smallest absolute Gasteiger partial charge is 0.340 e. The first-order chi connectivity index (χ1) is 14.8. The highest BCUT2D eigenvalue weighted by molar-refractivity contribution is 6.19. The summed E-state index contributed by atoms with van der Waals surface area (Å²) in [7, 11) is 0. The Bertz CT molecular complexity index is 1030. The van der Waals surface area contributed by atoms with Crippen molar-refractivity contribution < 1.29 is 22.3 Å². The zero-order valence-corrected chi connectivity index (χ0v) is 17.5. The normalized spacial score (nSPS) is 16.3. The molecule has 2 heterocycles. The molecule has 0 spiro atoms. The third kappa shape index (κ3) is 4.99. The number of fused-ring (bicyclic) bond motifs is 1. The Morgan fingerprint density at radius 2 is 1.81 bits per heavy atom. The van der Waals surface area contributed by atoms with Crippen molar-refractivity contribution in [1.29, 1.82) is 0 Å². The van der Waals surface area contributed by atoms with Crippen LogP contribution in [-0.4, -0.2) is 41.0 Å². The second-order valence-electron chi connectivity index (χ2n) is 7.96. The van der Waals surface area contributed by atoms with Crippen molar-refractivity contribution in [2.45, 2.75) is 37.7 Å². The fourth-order valence-corrected chi connectivity index (χ4v) is 4.38. The van der Waals surface area contributed by atoms with Crippen LogP contribution in [0.4, 0.5) is 17.6 Å². The second-order valence-corrected chi connectivity index (χ2v) is 8.33. The number of halogens is 5. The first-order valence-corrected chi connectivity index (χ1v) is 10.5. The number of piperidine rings is 1. The van der Waals surface area contributed by atoms with Crippen LogP contribution in [0.3, 0.4) is 0 Å². The van der Waals surface area contributed by atoms with E-state index < -0.39 is 19.0 Å². The van der Waals surface area contributed by atoms with Crippen molar-refractivity contribution in [3.8, 4) is 5.75 Å². The number of benzene rings is 2. The highest BCUT2D eigenvalue weighted by atomic mass is 35.5. The van der Waals surface area contributed by atoms with Gasteiger partial charge in [-0.1, -0.05) is 30.3 Å². The number of hydrogen-bond donors (Lipinski definition) is 0. The molecule has 3 aromatic rings. The predicted octanol–water partition coefficient (Wildman–Crippen LogP) is 6.30. The highest BCUT2D eigenvalue weighted by Gasteiger charge is 2.41. The number of para-hydroxylation sites is 1. The lowest BCUT2D eigenvalue weighted by atomic mass is 9.89. The van der Waals surface area contributed by atoms with Crippen LogP contribution in [-0.2, 0) is 6.54 Å². The molecule has 166 valence electrons. The Balaban J connectivity index is 1.35. The zero-order chi connectivity index (χ0) is 22.0. The third-order valence-corrected chi connectivity index (χ3v) is 6.06. The fourth-order valence-electron chi connectivity index (χ4n) is 4.13. The average molecular weight is 455 g/mol. The van der Waals surface area contributed by atoms with Gasteiger partial charge < -0.3 is 4.74 Å². The van der Waals surface area contributed by atoms with Gasteiger partial charge in [0.25, 0.3) is 0 Å². The third-order valence-electron chi connectivity index (χ3n) is 5.78. The van der Waals surface area contributed by atoms with Gasteiger partial charge in [-0.15, -0.1) is 0 Å². The van der Waals surface area contributed by atoms with Crippen LogP contribution in [0.1, 0.15) is 29.9 Å². The van der Waals surface area contributed by atoms with E-state index >= 15 is 0 Å². The Morgan fingerprint density at radius 1 is 1.06 bits per heavy atom. The molecule has 8 heteroatoms. The maximum Gasteiger partial charge on any atom is 0.340 e. The largest absolute Gasteiger partial charge is 0.487 e. The van der Waals surface area contributed by atoms with Crippen LogP contribution in [0.15, 0.2) is 54.7 Å². The van der Waals surface area contributed by atoms with Gasteiger partial charge in [0, 0.05) is 29.9 Å². The molecule has 31 heavy (non-hydrogen) atoms. The summed E-state index contributed by atoms with van der Waals surface area (Å²) in [5.74, 6) is -3.57. The van der Waals surface area contributed by atoms with Crippen molar-refractivity contribution in [3.05, 3.63) is 65.9 Å². The fraction of sp³-hybridized carbons (Fsp3) is 0.391. The summed E-state index contributed by atoms with van der Waals surface area (Å²) in [5.41, 5.74) is 3.17. The van der Waals surface area contributed by atoms with E-state index in [1.807, 2.05) is 30.5 Å². The van der Waals surface area contributed by atoms with Gasteiger partial charge in [0.1, 0.15) is 5.75 Å². The molecule has 0 unspecified atom stereocenters. The summed E-state index contributed by atoms with van der Waals surface area (Å²) in [6.07, 6.45) is 0.233. The van der Waals surface area contributed by atoms with E-state index in [1.54, 1.807) is 16.2 Å². The summed E-state index contributed by atoms with van der Waals surface area (Å²) in [4.78, 5) is 2.29. The maximum atomic E-state index is 13.1. The molecule has 1 aliphatic rings. The van der Waals surface area contributed by atoms with Gasteiger partial charge in [-0.25, -0.2) is 8.78 Å². The average Bonchev–Trinajstić information content (AvgIpc) is 3.10. The van der Waals surface area contributed by atoms with Crippen LogP contribution >= 0.6 is 11.8 Å². The number of alkyl halides is 4. The van der Waals surface area contributed by atoms with E-state index in [0.29, 0.717) is 12.5 Å². The first-order valence-electron chi connectivity index (χ1n) is 10.2. The maximum absolute atomic E-state index is 13.1. The van der Waals surface area contributed by atoms with Gasteiger partial charge in [0.2, 0.25) is 0 Å². The minimum Gasteiger partial charge on any atom is -0.487 e. The minimum atomic E-state index is -4.16. The Morgan fingerprint density at radius 3 is 2.55 bits per heavy atom. The summed E-state index contributed by atoms with van der Waals surface area (Å²) in [6.45, 7) is 1.09. The van der Waals surface area contributed by atoms with Crippen molar-refractivity contribution >= 4 is 22.7 Å². The predicted molar refractivity (Wildman–Crippen MR) is 113 cm³/mol. The molecule has 4 rings (SSSR count). The van der Waals surface area contributed by atoms with Crippen molar-refractivity contribution in [3.63, 3.8) is 0 Å². The summed E-state index contributed by atoms with van der Waals surface area (Å²) < 4.78 is 57.3. The number of aromatic nitrogens is 1. The number of likely N-dealkylation sites (tertiary alicyclic amines) is 1. The van der Waals surface area contributed by atoms with Crippen molar-refractivity contribution in [2.24, 2.45) is 0 Å². The zero-order valence-electron chi connectivity index (χ0n) is 16.8. The van der Waals surface area contributed by atoms with E-state index in [-0.39, 0.29) is 5.75 Å². The molecule has 1 aliphatic heterocycles. The minimum absolute atomic E-state index is 0.169. The van der Waals surface area contributed by atoms with Crippen LogP contribution in [0.2, 0.25) is 0 Å². The molecular formula is C23H23ClF4N2O. The van der Waals surface area contributed by atoms with Crippen molar-refractivity contribution in [2.75, 3.05) is 19.7 Å². The van der Waals surface area contributed by atoms with E-state index in [2.05, 4.69) is 11.0 Å². The molecule has 0 aliphatic carbocycles. The lowest BCUT2D eigenvalue weighted by Gasteiger charge is -2.32. The molecule has 0 N–H and O–H groups in total. The number of hydrogen-bond acceptors (Lipinski definition) is 2. The quantitative estimate of drug-likeness (QED) is 0.390. The number of rotatable bonds is 7. The number of ether oxygens (including phenoxy) is 1. The molecule has 1 saturated heterocycles. The molecular weight excluding hydrogens is 432 g/mol. The SMILES string of the molecule is FC(F)C(F)(F)COc1cccc(CN2CCC(c3cn(Cl)c4ccccc34)CC2)c1. The molecule has 0 atom stereocenters. The van der Waals surface area contributed by atoms with Crippen molar-refractivity contribution in [1.82, 2.24) is 8.99 Å². The van der Waals surface area contributed by atoms with Crippen LogP contribution in [0.25, 0.3) is 10.9 Å². The molecule has 0 amide bonds. The Labute approximate surface area is 183 Å². The van der Waals surface area contributed by atoms with Crippen LogP contribution < -0.4 is 4.74 Å². The van der Waals surface area contributed by atoms with Gasteiger partial charge in [-0.3, -0.25) is 8.99 Å². The molecule has 3 nitrogen and oxygen atoms in total. The molecule has 0 saturated carbocycles. The second kappa shape index (κ2) is 9.09. The molecule has 1 aromatic heterocycles. The lowest BCUT2D eigenvalue weighted by Crippen LogP contribution is -2.34. The summed E-state index contributed by atoms with van der Waals surface area (Å²) in [5, 5.41) is 1.18. The van der Waals surface area contributed by atoms with Crippen LogP contribution in [0.5, 0.6) is 5.75 Å². The van der Waals surface area contributed by atoms with E-state index in [4.69, 9.17) is 16.5 Å². The first kappa shape index (κ1) is 22.0. The standard InChI is InChI=1S/C23H23ClF4N2O/c24-30-14-20(19-6-1-2-7-21(19)30)17-8-10-29(11-9-17)13-16-4-3-5-18(12-16)31-15-23(27,28)22(25)26/h1-7,12,14,17,22H,8-11,13,15H2.